The monoisotopic (exact) mass is 774 g/mol. The van der Waals surface area contributed by atoms with Crippen molar-refractivity contribution < 1.29 is 43.2 Å². The number of ether oxygens (including phenoxy) is 5. The number of ketones is 1. The number of pyridine rings is 1. The molecule has 2 aromatic rings. The molecule has 1 N–H and O–H groups in total. The van der Waals surface area contributed by atoms with Crippen LogP contribution in [0.4, 0.5) is 4.79 Å². The van der Waals surface area contributed by atoms with E-state index in [4.69, 9.17) is 28.7 Å². The van der Waals surface area contributed by atoms with Crippen molar-refractivity contribution in [3.63, 3.8) is 0 Å². The van der Waals surface area contributed by atoms with Gasteiger partial charge in [0, 0.05) is 59.1 Å². The SMILES string of the molecule is CC[C@@H]1OC(=O)CC(=O)[C@H](C)[C@@H](O[C@@H]2O[C@H](C)C[C@H](N(C)C)[C@H]2O)[C@H](C)[C@@H](OCC#Cc2cnc3ccccc3c2)[C@@H](C)C2=NCCN3C(=O)O[C@@]1(C)C3[C@@H]2C. The molecule has 304 valence electrons. The van der Waals surface area contributed by atoms with Crippen LogP contribution in [-0.4, -0.2) is 132 Å². The standard InChI is InChI=1S/C43H58N4O9/c1-10-34-43(7)40-27(5)36(44-17-18-47(40)42(51)56-43)26(4)38(52-19-13-14-29-21-30-15-11-12-16-31(30)45-23-29)28(6)39(25(3)33(48)22-35(49)54-34)55-41-37(50)32(46(8)9)20-24(2)53-41/h11-12,15-16,21,23-28,32,34,37-41,50H,10,17-20,22H2,1-9H3/t24-,25+,26+,27-,28-,32+,34+,37-,38+,39-,40?,41+,43-/m1/s1. The topological polar surface area (TPSA) is 149 Å². The van der Waals surface area contributed by atoms with Crippen LogP contribution >= 0.6 is 0 Å². The third-order valence-electron chi connectivity index (χ3n) is 12.4. The lowest BCUT2D eigenvalue weighted by molar-refractivity contribution is -0.281. The molecule has 4 aliphatic rings. The van der Waals surface area contributed by atoms with Gasteiger partial charge in [0.25, 0.3) is 0 Å². The molecule has 0 radical (unpaired) electrons. The van der Waals surface area contributed by atoms with Crippen molar-refractivity contribution in [2.75, 3.05) is 33.8 Å². The average Bonchev–Trinajstić information content (AvgIpc) is 3.29. The molecule has 1 unspecified atom stereocenters. The van der Waals surface area contributed by atoms with Gasteiger partial charge in [0.1, 0.15) is 31.0 Å². The van der Waals surface area contributed by atoms with Gasteiger partial charge in [-0.25, -0.2) is 4.79 Å². The van der Waals surface area contributed by atoms with E-state index in [0.717, 1.165) is 22.2 Å². The maximum Gasteiger partial charge on any atom is 0.410 e. The fourth-order valence-electron chi connectivity index (χ4n) is 9.46. The van der Waals surface area contributed by atoms with E-state index in [1.54, 1.807) is 18.0 Å². The van der Waals surface area contributed by atoms with Gasteiger partial charge in [0.2, 0.25) is 0 Å². The fraction of sp³-hybridized carbons (Fsp3) is 0.651. The number of cyclic esters (lactones) is 1. The highest BCUT2D eigenvalue weighted by molar-refractivity contribution is 5.97. The Morgan fingerprint density at radius 1 is 1.05 bits per heavy atom. The van der Waals surface area contributed by atoms with E-state index in [1.165, 1.54) is 0 Å². The number of likely N-dealkylation sites (N-methyl/N-ethyl adjacent to an activating group) is 1. The second-order valence-corrected chi connectivity index (χ2v) is 16.4. The average molecular weight is 775 g/mol. The number of fused-ring (bicyclic) bond motifs is 2. The van der Waals surface area contributed by atoms with Gasteiger partial charge in [-0.15, -0.1) is 0 Å². The maximum absolute atomic E-state index is 14.1. The molecule has 4 aliphatic heterocycles. The van der Waals surface area contributed by atoms with E-state index >= 15 is 0 Å². The number of hydrogen-bond donors (Lipinski definition) is 1. The first-order valence-electron chi connectivity index (χ1n) is 20.0. The third kappa shape index (κ3) is 8.36. The van der Waals surface area contributed by atoms with Crippen molar-refractivity contribution in [1.29, 1.82) is 0 Å². The summed E-state index contributed by atoms with van der Waals surface area (Å²) >= 11 is 0. The minimum Gasteiger partial charge on any atom is -0.458 e. The summed E-state index contributed by atoms with van der Waals surface area (Å²) < 4.78 is 31.9. The molecule has 13 heteroatoms. The Morgan fingerprint density at radius 3 is 2.54 bits per heavy atom. The lowest BCUT2D eigenvalue weighted by atomic mass is 9.73. The molecule has 2 bridgehead atoms. The van der Waals surface area contributed by atoms with E-state index < -0.39 is 78.5 Å². The van der Waals surface area contributed by atoms with Gasteiger partial charge in [-0.05, 0) is 52.9 Å². The van der Waals surface area contributed by atoms with E-state index in [9.17, 15) is 19.5 Å². The number of aliphatic hydroxyl groups excluding tert-OH is 1. The van der Waals surface area contributed by atoms with Crippen LogP contribution in [-0.2, 0) is 33.3 Å². The zero-order chi connectivity index (χ0) is 40.5. The van der Waals surface area contributed by atoms with Gasteiger partial charge >= 0.3 is 12.1 Å². The largest absolute Gasteiger partial charge is 0.458 e. The van der Waals surface area contributed by atoms with Crippen molar-refractivity contribution >= 4 is 34.5 Å². The summed E-state index contributed by atoms with van der Waals surface area (Å²) in [6.45, 7) is 14.1. The lowest BCUT2D eigenvalue weighted by Crippen LogP contribution is -2.58. The maximum atomic E-state index is 14.1. The number of carbonyl (C=O) groups is 3. The lowest BCUT2D eigenvalue weighted by Gasteiger charge is -2.45. The second-order valence-electron chi connectivity index (χ2n) is 16.4. The summed E-state index contributed by atoms with van der Waals surface area (Å²) in [6, 6.07) is 9.08. The van der Waals surface area contributed by atoms with Crippen LogP contribution in [0.25, 0.3) is 10.9 Å². The molecule has 1 aromatic carbocycles. The number of amides is 1. The van der Waals surface area contributed by atoms with Crippen molar-refractivity contribution in [2.45, 2.75) is 122 Å². The summed E-state index contributed by atoms with van der Waals surface area (Å²) in [5.41, 5.74) is 1.24. The highest BCUT2D eigenvalue weighted by Crippen LogP contribution is 2.43. The van der Waals surface area contributed by atoms with Gasteiger partial charge in [-0.3, -0.25) is 24.5 Å². The number of nitrogens with zero attached hydrogens (tertiary/aromatic N) is 4. The number of aromatic nitrogens is 1. The van der Waals surface area contributed by atoms with Crippen molar-refractivity contribution in [3.05, 3.63) is 42.1 Å². The van der Waals surface area contributed by atoms with Crippen LogP contribution in [0.2, 0.25) is 0 Å². The van der Waals surface area contributed by atoms with Crippen LogP contribution in [0.1, 0.15) is 73.3 Å². The molecule has 0 saturated carbocycles. The minimum atomic E-state index is -1.20. The Bertz CT molecular complexity index is 1860. The Hall–Kier alpha value is -3.93. The highest BCUT2D eigenvalue weighted by atomic mass is 16.7. The Balaban J connectivity index is 1.40. The number of esters is 1. The summed E-state index contributed by atoms with van der Waals surface area (Å²) in [5.74, 6) is 3.24. The first-order valence-corrected chi connectivity index (χ1v) is 20.0. The Kier molecular flexibility index (Phi) is 12.9. The van der Waals surface area contributed by atoms with Gasteiger partial charge in [0.15, 0.2) is 11.9 Å². The smallest absolute Gasteiger partial charge is 0.410 e. The second kappa shape index (κ2) is 17.3. The van der Waals surface area contributed by atoms with Crippen LogP contribution < -0.4 is 0 Å². The Morgan fingerprint density at radius 2 is 1.80 bits per heavy atom. The third-order valence-corrected chi connectivity index (χ3v) is 12.4. The molecule has 3 fully saturated rings. The van der Waals surface area contributed by atoms with Crippen molar-refractivity contribution in [1.82, 2.24) is 14.8 Å². The number of aliphatic imine (C=N–C) groups is 1. The normalized spacial score (nSPS) is 36.9. The number of Topliss-reactive ketones (excluding diaryl/α,β-unsaturated/α-hetero) is 1. The molecule has 5 heterocycles. The number of hydrogen-bond acceptors (Lipinski definition) is 12. The molecular formula is C43H58N4O9. The van der Waals surface area contributed by atoms with E-state index in [1.807, 2.05) is 90.9 Å². The van der Waals surface area contributed by atoms with E-state index in [0.29, 0.717) is 25.9 Å². The number of carbonyl (C=O) groups excluding carboxylic acids is 3. The van der Waals surface area contributed by atoms with Gasteiger partial charge in [0.05, 0.1) is 36.4 Å². The first kappa shape index (κ1) is 41.7. The zero-order valence-corrected chi connectivity index (χ0v) is 34.1. The predicted octanol–water partition coefficient (Wildman–Crippen LogP) is 4.66. The van der Waals surface area contributed by atoms with Crippen molar-refractivity contribution in [3.8, 4) is 11.8 Å². The molecule has 56 heavy (non-hydrogen) atoms. The highest BCUT2D eigenvalue weighted by Gasteiger charge is 2.60. The molecule has 1 aromatic heterocycles. The van der Waals surface area contributed by atoms with Gasteiger partial charge in [-0.1, -0.05) is 64.7 Å². The molecular weight excluding hydrogens is 716 g/mol. The first-order chi connectivity index (χ1) is 26.6. The molecule has 1 amide bonds. The zero-order valence-electron chi connectivity index (χ0n) is 34.1. The van der Waals surface area contributed by atoms with Gasteiger partial charge < -0.3 is 33.7 Å². The molecule has 3 saturated heterocycles. The Labute approximate surface area is 330 Å². The van der Waals surface area contributed by atoms with Crippen molar-refractivity contribution in [2.24, 2.45) is 28.7 Å². The molecule has 0 aliphatic carbocycles. The number of aliphatic hydroxyl groups is 1. The summed E-state index contributed by atoms with van der Waals surface area (Å²) in [6.07, 6.45) is -2.87. The quantitative estimate of drug-likeness (QED) is 0.248. The van der Waals surface area contributed by atoms with Crippen LogP contribution in [0.3, 0.4) is 0 Å². The molecule has 0 spiro atoms. The predicted molar refractivity (Wildman–Crippen MR) is 210 cm³/mol. The van der Waals surface area contributed by atoms with Crippen LogP contribution in [0.5, 0.6) is 0 Å². The van der Waals surface area contributed by atoms with E-state index in [2.05, 4.69) is 16.8 Å². The molecule has 13 atom stereocenters. The number of rotatable bonds is 6. The summed E-state index contributed by atoms with van der Waals surface area (Å²) in [7, 11) is 3.80. The number of benzene rings is 1. The summed E-state index contributed by atoms with van der Waals surface area (Å²) in [5, 5.41) is 12.5. The van der Waals surface area contributed by atoms with Crippen LogP contribution in [0.15, 0.2) is 41.5 Å². The summed E-state index contributed by atoms with van der Waals surface area (Å²) in [4.78, 5) is 54.4. The minimum absolute atomic E-state index is 0.0459. The van der Waals surface area contributed by atoms with Gasteiger partial charge in [-0.2, -0.15) is 0 Å². The number of para-hydroxylation sites is 1. The fourth-order valence-corrected chi connectivity index (χ4v) is 9.46. The van der Waals surface area contributed by atoms with E-state index in [-0.39, 0.29) is 30.6 Å². The van der Waals surface area contributed by atoms with Crippen LogP contribution in [0, 0.1) is 35.5 Å². The molecule has 13 nitrogen and oxygen atoms in total. The molecule has 6 rings (SSSR count).